The zero-order valence-corrected chi connectivity index (χ0v) is 12.8. The summed E-state index contributed by atoms with van der Waals surface area (Å²) in [6, 6.07) is 9.15. The number of amides is 1. The summed E-state index contributed by atoms with van der Waals surface area (Å²) in [5.74, 6) is 0.200. The maximum absolute atomic E-state index is 11.7. The van der Waals surface area contributed by atoms with Crippen LogP contribution in [0.3, 0.4) is 0 Å². The third-order valence-electron chi connectivity index (χ3n) is 3.24. The van der Waals surface area contributed by atoms with E-state index in [1.807, 2.05) is 37.3 Å². The molecule has 2 aromatic rings. The molecule has 1 amide bonds. The summed E-state index contributed by atoms with van der Waals surface area (Å²) in [6.45, 7) is 6.64. The van der Waals surface area contributed by atoms with Gasteiger partial charge in [-0.3, -0.25) is 4.79 Å². The summed E-state index contributed by atoms with van der Waals surface area (Å²) in [7, 11) is 0. The molecule has 1 heterocycles. The molecule has 114 valence electrons. The summed E-state index contributed by atoms with van der Waals surface area (Å²) in [5, 5.41) is 11.0. The van der Waals surface area contributed by atoms with Crippen molar-refractivity contribution in [3.05, 3.63) is 30.3 Å². The van der Waals surface area contributed by atoms with Crippen molar-refractivity contribution < 1.29 is 19.1 Å². The Morgan fingerprint density at radius 3 is 2.67 bits per heavy atom. The van der Waals surface area contributed by atoms with Crippen molar-refractivity contribution in [2.45, 2.75) is 39.5 Å². The zero-order valence-electron chi connectivity index (χ0n) is 12.8. The number of ether oxygens (including phenoxy) is 1. The number of hydrogen-bond acceptors (Lipinski definition) is 4. The van der Waals surface area contributed by atoms with Crippen LogP contribution < -0.4 is 4.74 Å². The van der Waals surface area contributed by atoms with Crippen molar-refractivity contribution in [3.63, 3.8) is 0 Å². The lowest BCUT2D eigenvalue weighted by Crippen LogP contribution is -2.53. The Morgan fingerprint density at radius 1 is 1.43 bits per heavy atom. The Hall–Kier alpha value is -2.01. The Morgan fingerprint density at radius 2 is 2.10 bits per heavy atom. The van der Waals surface area contributed by atoms with Crippen molar-refractivity contribution in [2.75, 3.05) is 6.61 Å². The number of hydrogen-bond donors (Lipinski definition) is 1. The van der Waals surface area contributed by atoms with Gasteiger partial charge in [0.1, 0.15) is 17.9 Å². The first-order valence-corrected chi connectivity index (χ1v) is 6.92. The fourth-order valence-electron chi connectivity index (χ4n) is 2.54. The van der Waals surface area contributed by atoms with Crippen LogP contribution in [0.5, 0.6) is 5.95 Å². The molecule has 2 rings (SSSR count). The molecule has 5 heteroatoms. The number of benzene rings is 1. The molecule has 1 atom stereocenters. The van der Waals surface area contributed by atoms with Gasteiger partial charge in [-0.05, 0) is 26.8 Å². The third kappa shape index (κ3) is 3.55. The van der Waals surface area contributed by atoms with E-state index >= 15 is 0 Å². The summed E-state index contributed by atoms with van der Waals surface area (Å²) in [5.41, 5.74) is -0.478. The molecule has 5 nitrogen and oxygen atoms in total. The predicted octanol–water partition coefficient (Wildman–Crippen LogP) is 2.78. The number of para-hydroxylation sites is 1. The molecule has 0 radical (unpaired) electrons. The molecule has 0 spiro atoms. The number of furan rings is 1. The van der Waals surface area contributed by atoms with Crippen LogP contribution in [0, 0.1) is 0 Å². The second-order valence-electron chi connectivity index (χ2n) is 5.65. The number of carbonyl (C=O) groups is 1. The summed E-state index contributed by atoms with van der Waals surface area (Å²) in [6.07, 6.45) is 0. The Balaban J connectivity index is 2.05. The van der Waals surface area contributed by atoms with E-state index in [1.165, 1.54) is 11.8 Å². The highest BCUT2D eigenvalue weighted by molar-refractivity contribution is 5.78. The van der Waals surface area contributed by atoms with Crippen LogP contribution in [0.15, 0.2) is 34.7 Å². The van der Waals surface area contributed by atoms with E-state index in [4.69, 9.17) is 9.15 Å². The minimum absolute atomic E-state index is 0.205. The van der Waals surface area contributed by atoms with E-state index in [2.05, 4.69) is 0 Å². The molecule has 21 heavy (non-hydrogen) atoms. The van der Waals surface area contributed by atoms with Crippen LogP contribution in [0.1, 0.15) is 27.7 Å². The van der Waals surface area contributed by atoms with Crippen LogP contribution in [-0.2, 0) is 4.79 Å². The molecule has 1 aromatic heterocycles. The molecule has 0 saturated carbocycles. The van der Waals surface area contributed by atoms with Crippen LogP contribution in [0.25, 0.3) is 11.0 Å². The number of carbonyl (C=O) groups excluding carboxylic acids is 1. The van der Waals surface area contributed by atoms with Crippen molar-refractivity contribution in [2.24, 2.45) is 0 Å². The molecule has 1 N–H and O–H groups in total. The summed E-state index contributed by atoms with van der Waals surface area (Å²) >= 11 is 0. The molecule has 1 unspecified atom stereocenters. The lowest BCUT2D eigenvalue weighted by atomic mass is 10.2. The number of nitrogens with zero attached hydrogens (tertiary/aromatic N) is 1. The van der Waals surface area contributed by atoms with Crippen molar-refractivity contribution >= 4 is 16.9 Å². The van der Waals surface area contributed by atoms with Gasteiger partial charge in [0.15, 0.2) is 0 Å². The molecule has 1 aromatic carbocycles. The first kappa shape index (κ1) is 15.4. The lowest BCUT2D eigenvalue weighted by Gasteiger charge is -2.37. The normalized spacial score (nSPS) is 13.2. The average molecular weight is 291 g/mol. The third-order valence-corrected chi connectivity index (χ3v) is 3.24. The second-order valence-corrected chi connectivity index (χ2v) is 5.65. The monoisotopic (exact) mass is 291 g/mol. The lowest BCUT2D eigenvalue weighted by molar-refractivity contribution is -0.158. The average Bonchev–Trinajstić information content (AvgIpc) is 2.76. The van der Waals surface area contributed by atoms with Gasteiger partial charge in [0.25, 0.3) is 5.95 Å². The highest BCUT2D eigenvalue weighted by atomic mass is 16.6. The van der Waals surface area contributed by atoms with Gasteiger partial charge in [-0.25, -0.2) is 0 Å². The van der Waals surface area contributed by atoms with E-state index in [1.54, 1.807) is 13.8 Å². The predicted molar refractivity (Wildman–Crippen MR) is 80.0 cm³/mol. The Labute approximate surface area is 124 Å². The maximum Gasteiger partial charge on any atom is 0.285 e. The van der Waals surface area contributed by atoms with Gasteiger partial charge in [-0.2, -0.15) is 0 Å². The standard InChI is InChI=1S/C16H21NO4/c1-11(17(12(2)18)16(3,4)19)10-20-15-9-13-7-5-6-8-14(13)21-15/h5-9,11,19H,10H2,1-4H3. The second kappa shape index (κ2) is 5.77. The molecule has 0 fully saturated rings. The largest absolute Gasteiger partial charge is 0.463 e. The molecular formula is C16H21NO4. The number of rotatable bonds is 5. The Bertz CT molecular complexity index is 593. The van der Waals surface area contributed by atoms with Crippen molar-refractivity contribution in [3.8, 4) is 5.95 Å². The number of aliphatic hydroxyl groups is 1. The molecule has 0 saturated heterocycles. The first-order chi connectivity index (χ1) is 9.79. The summed E-state index contributed by atoms with van der Waals surface area (Å²) in [4.78, 5) is 13.1. The summed E-state index contributed by atoms with van der Waals surface area (Å²) < 4.78 is 11.2. The van der Waals surface area contributed by atoms with E-state index in [9.17, 15) is 9.90 Å². The van der Waals surface area contributed by atoms with E-state index < -0.39 is 5.72 Å². The van der Waals surface area contributed by atoms with Crippen molar-refractivity contribution in [1.29, 1.82) is 0 Å². The molecule has 0 aliphatic carbocycles. The van der Waals surface area contributed by atoms with Crippen molar-refractivity contribution in [1.82, 2.24) is 4.90 Å². The van der Waals surface area contributed by atoms with E-state index in [0.717, 1.165) is 11.0 Å². The minimum atomic E-state index is -1.23. The van der Waals surface area contributed by atoms with Gasteiger partial charge in [0.05, 0.1) is 6.04 Å². The SMILES string of the molecule is CC(=O)N(C(C)COc1cc2ccccc2o1)C(C)(C)O. The first-order valence-electron chi connectivity index (χ1n) is 6.92. The highest BCUT2D eigenvalue weighted by Crippen LogP contribution is 2.25. The molecule has 0 bridgehead atoms. The highest BCUT2D eigenvalue weighted by Gasteiger charge is 2.30. The van der Waals surface area contributed by atoms with Gasteiger partial charge in [0.2, 0.25) is 5.91 Å². The quantitative estimate of drug-likeness (QED) is 0.860. The molecular weight excluding hydrogens is 270 g/mol. The van der Waals surface area contributed by atoms with Gasteiger partial charge >= 0.3 is 0 Å². The fraction of sp³-hybridized carbons (Fsp3) is 0.438. The molecule has 0 aliphatic heterocycles. The van der Waals surface area contributed by atoms with Crippen LogP contribution in [0.4, 0.5) is 0 Å². The molecule has 0 aliphatic rings. The fourth-order valence-corrected chi connectivity index (χ4v) is 2.54. The van der Waals surface area contributed by atoms with E-state index in [-0.39, 0.29) is 18.6 Å². The van der Waals surface area contributed by atoms with E-state index in [0.29, 0.717) is 5.95 Å². The van der Waals surface area contributed by atoms with Gasteiger partial charge < -0.3 is 19.2 Å². The van der Waals surface area contributed by atoms with Crippen LogP contribution in [0.2, 0.25) is 0 Å². The smallest absolute Gasteiger partial charge is 0.285 e. The van der Waals surface area contributed by atoms with Gasteiger partial charge in [-0.15, -0.1) is 0 Å². The Kier molecular flexibility index (Phi) is 4.23. The van der Waals surface area contributed by atoms with Gasteiger partial charge in [0, 0.05) is 18.4 Å². The number of fused-ring (bicyclic) bond motifs is 1. The minimum Gasteiger partial charge on any atom is -0.463 e. The van der Waals surface area contributed by atoms with Gasteiger partial charge in [-0.1, -0.05) is 18.2 Å². The van der Waals surface area contributed by atoms with Crippen LogP contribution in [-0.4, -0.2) is 34.3 Å². The maximum atomic E-state index is 11.7. The van der Waals surface area contributed by atoms with Crippen LogP contribution >= 0.6 is 0 Å². The topological polar surface area (TPSA) is 62.9 Å². The zero-order chi connectivity index (χ0) is 15.6.